The van der Waals surface area contributed by atoms with Crippen molar-refractivity contribution in [3.05, 3.63) is 46.4 Å². The van der Waals surface area contributed by atoms with Crippen LogP contribution in [0.1, 0.15) is 44.1 Å². The van der Waals surface area contributed by atoms with Gasteiger partial charge in [0.05, 0.1) is 11.6 Å². The predicted octanol–water partition coefficient (Wildman–Crippen LogP) is 3.77. The lowest BCUT2D eigenvalue weighted by molar-refractivity contribution is -0.133. The van der Waals surface area contributed by atoms with Gasteiger partial charge >= 0.3 is 5.97 Å². The Balaban J connectivity index is 1.62. The quantitative estimate of drug-likeness (QED) is 0.811. The third-order valence-corrected chi connectivity index (χ3v) is 6.41. The molecule has 0 radical (unpaired) electrons. The van der Waals surface area contributed by atoms with Gasteiger partial charge in [-0.2, -0.15) is 0 Å². The summed E-state index contributed by atoms with van der Waals surface area (Å²) in [7, 11) is 0. The summed E-state index contributed by atoms with van der Waals surface area (Å²) in [5.74, 6) is 0.0676. The van der Waals surface area contributed by atoms with Crippen molar-refractivity contribution in [3.63, 3.8) is 0 Å². The molecule has 0 spiro atoms. The molecule has 1 amide bonds. The maximum absolute atomic E-state index is 12.3. The Morgan fingerprint density at radius 2 is 1.84 bits per heavy atom. The fourth-order valence-corrected chi connectivity index (χ4v) is 5.20. The summed E-state index contributed by atoms with van der Waals surface area (Å²) < 4.78 is 0. The van der Waals surface area contributed by atoms with Crippen molar-refractivity contribution >= 4 is 23.6 Å². The van der Waals surface area contributed by atoms with Gasteiger partial charge in [0.2, 0.25) is 5.91 Å². The van der Waals surface area contributed by atoms with Crippen molar-refractivity contribution in [1.29, 1.82) is 0 Å². The van der Waals surface area contributed by atoms with Crippen LogP contribution in [0.5, 0.6) is 0 Å². The van der Waals surface area contributed by atoms with Crippen molar-refractivity contribution in [2.75, 3.05) is 5.75 Å². The van der Waals surface area contributed by atoms with Crippen molar-refractivity contribution in [2.24, 2.45) is 5.92 Å². The minimum Gasteiger partial charge on any atom is -0.478 e. The summed E-state index contributed by atoms with van der Waals surface area (Å²) in [5.41, 5.74) is 1.56. The number of carboxylic acids is 1. The van der Waals surface area contributed by atoms with E-state index >= 15 is 0 Å². The zero-order valence-electron chi connectivity index (χ0n) is 14.4. The van der Waals surface area contributed by atoms with E-state index in [4.69, 9.17) is 0 Å². The molecule has 25 heavy (non-hydrogen) atoms. The van der Waals surface area contributed by atoms with Gasteiger partial charge in [0.1, 0.15) is 0 Å². The second-order valence-electron chi connectivity index (χ2n) is 6.83. The SMILES string of the molecule is O=C(CCc1ccccc1)NC1CSC(C2CCCCC2)=C1C(=O)O. The molecule has 1 atom stereocenters. The number of carboxylic acid groups (broad SMARTS) is 1. The summed E-state index contributed by atoms with van der Waals surface area (Å²) in [6, 6.07) is 9.52. The first-order valence-electron chi connectivity index (χ1n) is 9.08. The third kappa shape index (κ3) is 4.66. The lowest BCUT2D eigenvalue weighted by Crippen LogP contribution is -2.38. The molecule has 1 aliphatic carbocycles. The maximum atomic E-state index is 12.3. The number of aryl methyl sites for hydroxylation is 1. The Kier molecular flexibility index (Phi) is 6.19. The molecule has 2 N–H and O–H groups in total. The first-order chi connectivity index (χ1) is 12.1. The number of thioether (sulfide) groups is 1. The van der Waals surface area contributed by atoms with E-state index in [0.717, 1.165) is 23.3 Å². The molecule has 1 aromatic carbocycles. The standard InChI is InChI=1S/C20H25NO3S/c22-17(12-11-14-7-3-1-4-8-14)21-16-13-25-19(18(16)20(23)24)15-9-5-2-6-10-15/h1,3-4,7-8,15-16H,2,5-6,9-13H2,(H,21,22)(H,23,24). The van der Waals surface area contributed by atoms with E-state index in [1.807, 2.05) is 30.3 Å². The highest BCUT2D eigenvalue weighted by Gasteiger charge is 2.35. The summed E-state index contributed by atoms with van der Waals surface area (Å²) >= 11 is 1.63. The highest BCUT2D eigenvalue weighted by molar-refractivity contribution is 8.03. The zero-order chi connectivity index (χ0) is 17.6. The van der Waals surface area contributed by atoms with E-state index < -0.39 is 5.97 Å². The average Bonchev–Trinajstić information content (AvgIpc) is 3.05. The van der Waals surface area contributed by atoms with E-state index in [0.29, 0.717) is 30.1 Å². The van der Waals surface area contributed by atoms with E-state index in [9.17, 15) is 14.7 Å². The Morgan fingerprint density at radius 1 is 1.12 bits per heavy atom. The molecule has 2 aliphatic rings. The minimum absolute atomic E-state index is 0.0712. The first-order valence-corrected chi connectivity index (χ1v) is 10.1. The van der Waals surface area contributed by atoms with Crippen LogP contribution in [-0.2, 0) is 16.0 Å². The number of nitrogens with one attached hydrogen (secondary N) is 1. The molecule has 0 saturated heterocycles. The normalized spacial score (nSPS) is 21.4. The lowest BCUT2D eigenvalue weighted by atomic mass is 9.86. The molecule has 1 heterocycles. The van der Waals surface area contributed by atoms with Crippen molar-refractivity contribution < 1.29 is 14.7 Å². The van der Waals surface area contributed by atoms with Gasteiger partial charge in [0, 0.05) is 17.1 Å². The van der Waals surface area contributed by atoms with Gasteiger partial charge in [0.15, 0.2) is 0 Å². The number of benzene rings is 1. The van der Waals surface area contributed by atoms with Crippen LogP contribution >= 0.6 is 11.8 Å². The maximum Gasteiger partial charge on any atom is 0.334 e. The van der Waals surface area contributed by atoms with Crippen LogP contribution in [0, 0.1) is 5.92 Å². The molecule has 5 heteroatoms. The highest BCUT2D eigenvalue weighted by atomic mass is 32.2. The highest BCUT2D eigenvalue weighted by Crippen LogP contribution is 2.43. The number of carbonyl (C=O) groups excluding carboxylic acids is 1. The number of carbonyl (C=O) groups is 2. The number of amides is 1. The summed E-state index contributed by atoms with van der Waals surface area (Å²) in [6.45, 7) is 0. The molecule has 134 valence electrons. The van der Waals surface area contributed by atoms with Gasteiger partial charge in [-0.1, -0.05) is 49.6 Å². The summed E-state index contributed by atoms with van der Waals surface area (Å²) in [5, 5.41) is 12.6. The van der Waals surface area contributed by atoms with E-state index in [1.165, 1.54) is 19.3 Å². The van der Waals surface area contributed by atoms with Crippen molar-refractivity contribution in [1.82, 2.24) is 5.32 Å². The van der Waals surface area contributed by atoms with Gasteiger partial charge in [-0.3, -0.25) is 4.79 Å². The molecule has 1 fully saturated rings. The topological polar surface area (TPSA) is 66.4 Å². The largest absolute Gasteiger partial charge is 0.478 e. The van der Waals surface area contributed by atoms with Gasteiger partial charge < -0.3 is 10.4 Å². The molecular weight excluding hydrogens is 334 g/mol. The van der Waals surface area contributed by atoms with Gasteiger partial charge in [-0.25, -0.2) is 4.79 Å². The molecule has 4 nitrogen and oxygen atoms in total. The molecule has 1 saturated carbocycles. The van der Waals surface area contributed by atoms with Crippen LogP contribution in [0.4, 0.5) is 0 Å². The Hall–Kier alpha value is -1.75. The van der Waals surface area contributed by atoms with Crippen LogP contribution < -0.4 is 5.32 Å². The number of hydrogen-bond acceptors (Lipinski definition) is 3. The monoisotopic (exact) mass is 359 g/mol. The molecular formula is C20H25NO3S. The summed E-state index contributed by atoms with van der Waals surface area (Å²) in [4.78, 5) is 25.1. The molecule has 0 aromatic heterocycles. The smallest absolute Gasteiger partial charge is 0.334 e. The summed E-state index contributed by atoms with van der Waals surface area (Å²) in [6.07, 6.45) is 6.81. The lowest BCUT2D eigenvalue weighted by Gasteiger charge is -2.23. The van der Waals surface area contributed by atoms with Crippen molar-refractivity contribution in [3.8, 4) is 0 Å². The minimum atomic E-state index is -0.876. The van der Waals surface area contributed by atoms with Crippen LogP contribution in [0.2, 0.25) is 0 Å². The van der Waals surface area contributed by atoms with Crippen LogP contribution in [0.3, 0.4) is 0 Å². The zero-order valence-corrected chi connectivity index (χ0v) is 15.2. The molecule has 1 aliphatic heterocycles. The molecule has 0 bridgehead atoms. The molecule has 1 aromatic rings. The Bertz CT molecular complexity index is 650. The molecule has 3 rings (SSSR count). The van der Waals surface area contributed by atoms with Crippen LogP contribution in [0.25, 0.3) is 0 Å². The number of allylic oxidation sites excluding steroid dienone is 1. The Morgan fingerprint density at radius 3 is 2.52 bits per heavy atom. The van der Waals surface area contributed by atoms with Crippen LogP contribution in [-0.4, -0.2) is 28.8 Å². The third-order valence-electron chi connectivity index (χ3n) is 5.04. The van der Waals surface area contributed by atoms with E-state index in [-0.39, 0.29) is 11.9 Å². The van der Waals surface area contributed by atoms with Gasteiger partial charge in [-0.15, -0.1) is 11.8 Å². The Labute approximate surface area is 153 Å². The fraction of sp³-hybridized carbons (Fsp3) is 0.500. The number of rotatable bonds is 6. The van der Waals surface area contributed by atoms with E-state index in [1.54, 1.807) is 11.8 Å². The number of aliphatic carboxylic acids is 1. The second-order valence-corrected chi connectivity index (χ2v) is 7.90. The second kappa shape index (κ2) is 8.56. The van der Waals surface area contributed by atoms with Gasteiger partial charge in [0.25, 0.3) is 0 Å². The fourth-order valence-electron chi connectivity index (χ4n) is 3.75. The molecule has 1 unspecified atom stereocenters. The average molecular weight is 359 g/mol. The van der Waals surface area contributed by atoms with E-state index in [2.05, 4.69) is 5.32 Å². The first kappa shape index (κ1) is 18.1. The number of hydrogen-bond donors (Lipinski definition) is 2. The predicted molar refractivity (Wildman–Crippen MR) is 100 cm³/mol. The van der Waals surface area contributed by atoms with Gasteiger partial charge in [-0.05, 0) is 30.7 Å². The van der Waals surface area contributed by atoms with Crippen LogP contribution in [0.15, 0.2) is 40.8 Å². The van der Waals surface area contributed by atoms with Crippen molar-refractivity contribution in [2.45, 2.75) is 51.0 Å².